The van der Waals surface area contributed by atoms with Gasteiger partial charge in [0.05, 0.1) is 5.60 Å². The number of benzene rings is 1. The highest BCUT2D eigenvalue weighted by Gasteiger charge is 2.42. The van der Waals surface area contributed by atoms with Crippen molar-refractivity contribution in [2.75, 3.05) is 0 Å². The predicted octanol–water partition coefficient (Wildman–Crippen LogP) is 3.52. The Morgan fingerprint density at radius 1 is 1.33 bits per heavy atom. The van der Waals surface area contributed by atoms with Gasteiger partial charge in [-0.15, -0.1) is 11.3 Å². The molecule has 1 aromatic carbocycles. The second-order valence-corrected chi connectivity index (χ2v) is 5.61. The van der Waals surface area contributed by atoms with Gasteiger partial charge in [0.25, 0.3) is 0 Å². The molecule has 1 nitrogen and oxygen atoms in total. The molecule has 0 spiro atoms. The lowest BCUT2D eigenvalue weighted by molar-refractivity contribution is -0.0724. The molecule has 1 saturated carbocycles. The smallest absolute Gasteiger partial charge is 0.0915 e. The van der Waals surface area contributed by atoms with Crippen molar-refractivity contribution in [3.63, 3.8) is 0 Å². The molecule has 1 aliphatic rings. The quantitative estimate of drug-likeness (QED) is 0.776. The Balaban J connectivity index is 2.14. The number of fused-ring (bicyclic) bond motifs is 1. The summed E-state index contributed by atoms with van der Waals surface area (Å²) in [4.78, 5) is 0. The first-order valence-corrected chi connectivity index (χ1v) is 6.26. The Kier molecular flexibility index (Phi) is 1.91. The summed E-state index contributed by atoms with van der Waals surface area (Å²) in [5.41, 5.74) is 0.581. The summed E-state index contributed by atoms with van der Waals surface area (Å²) in [5.74, 6) is 0.658. The van der Waals surface area contributed by atoms with Crippen LogP contribution < -0.4 is 0 Å². The summed E-state index contributed by atoms with van der Waals surface area (Å²) in [6.07, 6.45) is 1.81. The van der Waals surface area contributed by atoms with Gasteiger partial charge in [-0.1, -0.05) is 25.1 Å². The van der Waals surface area contributed by atoms with Crippen molar-refractivity contribution in [2.45, 2.75) is 25.4 Å². The number of rotatable bonds is 1. The van der Waals surface area contributed by atoms with Crippen LogP contribution in [0.15, 0.2) is 29.6 Å². The molecule has 1 N–H and O–H groups in total. The van der Waals surface area contributed by atoms with E-state index in [4.69, 9.17) is 0 Å². The second kappa shape index (κ2) is 3.06. The van der Waals surface area contributed by atoms with Gasteiger partial charge in [-0.05, 0) is 35.6 Å². The fourth-order valence-electron chi connectivity index (χ4n) is 2.67. The van der Waals surface area contributed by atoms with Gasteiger partial charge >= 0.3 is 0 Å². The van der Waals surface area contributed by atoms with Crippen LogP contribution in [0, 0.1) is 5.92 Å². The molecule has 0 unspecified atom stereocenters. The molecule has 3 rings (SSSR count). The Labute approximate surface area is 93.4 Å². The molecular weight excluding hydrogens is 204 g/mol. The Hall–Kier alpha value is -0.860. The van der Waals surface area contributed by atoms with E-state index in [9.17, 15) is 5.11 Å². The molecule has 0 saturated heterocycles. The lowest BCUT2D eigenvalue weighted by atomic mass is 9.68. The van der Waals surface area contributed by atoms with Gasteiger partial charge < -0.3 is 5.11 Å². The molecule has 15 heavy (non-hydrogen) atoms. The van der Waals surface area contributed by atoms with Crippen LogP contribution >= 0.6 is 11.3 Å². The molecule has 1 fully saturated rings. The molecule has 1 aromatic heterocycles. The molecule has 0 atom stereocenters. The van der Waals surface area contributed by atoms with E-state index in [1.54, 1.807) is 11.3 Å². The highest BCUT2D eigenvalue weighted by Crippen LogP contribution is 2.48. The van der Waals surface area contributed by atoms with E-state index >= 15 is 0 Å². The highest BCUT2D eigenvalue weighted by atomic mass is 32.1. The van der Waals surface area contributed by atoms with Gasteiger partial charge in [0.15, 0.2) is 0 Å². The van der Waals surface area contributed by atoms with Crippen LogP contribution in [-0.4, -0.2) is 5.11 Å². The van der Waals surface area contributed by atoms with Crippen LogP contribution in [0.4, 0.5) is 0 Å². The highest BCUT2D eigenvalue weighted by molar-refractivity contribution is 7.17. The van der Waals surface area contributed by atoms with Crippen molar-refractivity contribution >= 4 is 21.4 Å². The molecule has 1 aliphatic carbocycles. The summed E-state index contributed by atoms with van der Waals surface area (Å²) in [6, 6.07) is 8.35. The van der Waals surface area contributed by atoms with Gasteiger partial charge in [-0.3, -0.25) is 0 Å². The van der Waals surface area contributed by atoms with Gasteiger partial charge in [-0.25, -0.2) is 0 Å². The van der Waals surface area contributed by atoms with Crippen LogP contribution in [-0.2, 0) is 5.60 Å². The van der Waals surface area contributed by atoms with Crippen LogP contribution in [0.25, 0.3) is 10.1 Å². The number of hydrogen-bond acceptors (Lipinski definition) is 2. The lowest BCUT2D eigenvalue weighted by Crippen LogP contribution is -2.39. The van der Waals surface area contributed by atoms with E-state index in [1.165, 1.54) is 10.1 Å². The first kappa shape index (κ1) is 9.37. The Morgan fingerprint density at radius 3 is 2.87 bits per heavy atom. The molecule has 2 aromatic rings. The van der Waals surface area contributed by atoms with E-state index in [-0.39, 0.29) is 0 Å². The number of aliphatic hydroxyl groups is 1. The number of hydrogen-bond donors (Lipinski definition) is 1. The summed E-state index contributed by atoms with van der Waals surface area (Å²) in [6.45, 7) is 2.20. The number of thiophene rings is 1. The van der Waals surface area contributed by atoms with Crippen molar-refractivity contribution in [3.8, 4) is 0 Å². The fraction of sp³-hybridized carbons (Fsp3) is 0.385. The van der Waals surface area contributed by atoms with Gasteiger partial charge in [0.1, 0.15) is 0 Å². The van der Waals surface area contributed by atoms with Crippen molar-refractivity contribution in [3.05, 3.63) is 35.2 Å². The summed E-state index contributed by atoms with van der Waals surface area (Å²) >= 11 is 1.73. The minimum absolute atomic E-state index is 0.552. The Bertz CT molecular complexity index is 494. The predicted molar refractivity (Wildman–Crippen MR) is 64.1 cm³/mol. The standard InChI is InChI=1S/C13H14OS/c1-9-7-13(14,8-9)11-4-2-3-10-5-6-15-12(10)11/h2-6,9,14H,7-8H2,1H3. The average Bonchev–Trinajstić information content (AvgIpc) is 2.62. The normalized spacial score (nSPS) is 30.4. The SMILES string of the molecule is CC1CC(O)(c2cccc3ccsc23)C1. The molecule has 1 heterocycles. The maximum Gasteiger partial charge on any atom is 0.0915 e. The van der Waals surface area contributed by atoms with E-state index in [0.717, 1.165) is 18.4 Å². The third-order valence-electron chi connectivity index (χ3n) is 3.35. The Morgan fingerprint density at radius 2 is 2.13 bits per heavy atom. The summed E-state index contributed by atoms with van der Waals surface area (Å²) in [7, 11) is 0. The summed E-state index contributed by atoms with van der Waals surface area (Å²) in [5, 5.41) is 13.8. The maximum absolute atomic E-state index is 10.5. The van der Waals surface area contributed by atoms with E-state index in [2.05, 4.69) is 30.5 Å². The lowest BCUT2D eigenvalue weighted by Gasteiger charge is -2.42. The van der Waals surface area contributed by atoms with Crippen LogP contribution in [0.2, 0.25) is 0 Å². The maximum atomic E-state index is 10.5. The zero-order valence-electron chi connectivity index (χ0n) is 8.73. The molecule has 0 amide bonds. The largest absolute Gasteiger partial charge is 0.385 e. The monoisotopic (exact) mass is 218 g/mol. The molecule has 78 valence electrons. The average molecular weight is 218 g/mol. The second-order valence-electron chi connectivity index (χ2n) is 4.69. The minimum atomic E-state index is -0.552. The van der Waals surface area contributed by atoms with E-state index in [0.29, 0.717) is 5.92 Å². The topological polar surface area (TPSA) is 20.2 Å². The van der Waals surface area contributed by atoms with Crippen molar-refractivity contribution in [1.29, 1.82) is 0 Å². The first-order chi connectivity index (χ1) is 7.19. The van der Waals surface area contributed by atoms with Crippen LogP contribution in [0.5, 0.6) is 0 Å². The van der Waals surface area contributed by atoms with Crippen molar-refractivity contribution < 1.29 is 5.11 Å². The van der Waals surface area contributed by atoms with Gasteiger partial charge in [0, 0.05) is 10.3 Å². The molecule has 0 aliphatic heterocycles. The van der Waals surface area contributed by atoms with Crippen molar-refractivity contribution in [2.24, 2.45) is 5.92 Å². The van der Waals surface area contributed by atoms with E-state index in [1.807, 2.05) is 6.07 Å². The third-order valence-corrected chi connectivity index (χ3v) is 4.32. The molecule has 0 radical (unpaired) electrons. The molecule has 0 bridgehead atoms. The molecule has 2 heteroatoms. The third kappa shape index (κ3) is 1.32. The fourth-order valence-corrected chi connectivity index (χ4v) is 3.68. The van der Waals surface area contributed by atoms with Crippen molar-refractivity contribution in [1.82, 2.24) is 0 Å². The van der Waals surface area contributed by atoms with Crippen LogP contribution in [0.1, 0.15) is 25.3 Å². The van der Waals surface area contributed by atoms with Gasteiger partial charge in [-0.2, -0.15) is 0 Å². The first-order valence-electron chi connectivity index (χ1n) is 5.38. The summed E-state index contributed by atoms with van der Waals surface area (Å²) < 4.78 is 1.26. The zero-order valence-corrected chi connectivity index (χ0v) is 9.55. The molecular formula is C13H14OS. The van der Waals surface area contributed by atoms with Gasteiger partial charge in [0.2, 0.25) is 0 Å². The van der Waals surface area contributed by atoms with E-state index < -0.39 is 5.60 Å². The minimum Gasteiger partial charge on any atom is -0.385 e. The zero-order chi connectivity index (χ0) is 10.5. The van der Waals surface area contributed by atoms with Crippen LogP contribution in [0.3, 0.4) is 0 Å².